The standard InChI is InChI=1S/C17H18N2O4.C6H4/c1-2-22-16(20)18-23-17(21)19(15-11-7-4-8-12-15)13-14-9-5-3-6-10-14;1-2-5-4-6(5)3-1/h3-12H,2,13H2,1H3,(H,18,20);1-4H. The molecule has 1 N–H and O–H groups in total. The Labute approximate surface area is 169 Å². The molecule has 0 heterocycles. The van der Waals surface area contributed by atoms with Gasteiger partial charge in [0.25, 0.3) is 0 Å². The Morgan fingerprint density at radius 2 is 1.48 bits per heavy atom. The van der Waals surface area contributed by atoms with E-state index in [1.807, 2.05) is 54.0 Å². The van der Waals surface area contributed by atoms with Gasteiger partial charge in [-0.25, -0.2) is 9.59 Å². The maximum atomic E-state index is 12.3. The summed E-state index contributed by atoms with van der Waals surface area (Å²) in [6.45, 7) is 2.16. The predicted octanol–water partition coefficient (Wildman–Crippen LogP) is 5.16. The number of carbonyl (C=O) groups excluding carboxylic acids is 2. The molecule has 2 amide bonds. The molecule has 0 radical (unpaired) electrons. The smallest absolute Gasteiger partial charge is 0.440 e. The van der Waals surface area contributed by atoms with Crippen LogP contribution in [-0.2, 0) is 16.1 Å². The fraction of sp³-hybridized carbons (Fsp3) is 0.130. The number of fused-ring (bicyclic) bond motifs is 1. The Bertz CT molecular complexity index is 928. The van der Waals surface area contributed by atoms with Gasteiger partial charge in [-0.05, 0) is 41.8 Å². The van der Waals surface area contributed by atoms with Crippen LogP contribution in [0.15, 0.2) is 84.9 Å². The van der Waals surface area contributed by atoms with Crippen molar-refractivity contribution >= 4 is 17.9 Å². The van der Waals surface area contributed by atoms with Crippen molar-refractivity contribution in [1.29, 1.82) is 0 Å². The van der Waals surface area contributed by atoms with Crippen molar-refractivity contribution in [1.82, 2.24) is 5.48 Å². The van der Waals surface area contributed by atoms with E-state index in [1.54, 1.807) is 19.1 Å². The number of hydrogen-bond donors (Lipinski definition) is 1. The Balaban J connectivity index is 0.000000334. The van der Waals surface area contributed by atoms with E-state index in [1.165, 1.54) is 16.0 Å². The monoisotopic (exact) mass is 390 g/mol. The summed E-state index contributed by atoms with van der Waals surface area (Å²) in [7, 11) is 0. The molecular formula is C23H22N2O4. The molecule has 0 fully saturated rings. The number of benzene rings is 3. The van der Waals surface area contributed by atoms with Gasteiger partial charge in [0.05, 0.1) is 13.2 Å². The lowest BCUT2D eigenvalue weighted by Crippen LogP contribution is -2.37. The fourth-order valence-electron chi connectivity index (χ4n) is 2.61. The number of nitrogens with one attached hydrogen (secondary N) is 1. The maximum Gasteiger partial charge on any atom is 0.440 e. The van der Waals surface area contributed by atoms with E-state index >= 15 is 0 Å². The molecule has 0 aliphatic heterocycles. The first-order valence-electron chi connectivity index (χ1n) is 9.28. The van der Waals surface area contributed by atoms with Gasteiger partial charge in [-0.15, -0.1) is 5.48 Å². The molecule has 0 aromatic heterocycles. The Kier molecular flexibility index (Phi) is 6.84. The van der Waals surface area contributed by atoms with Crippen molar-refractivity contribution in [3.63, 3.8) is 0 Å². The molecule has 6 nitrogen and oxygen atoms in total. The van der Waals surface area contributed by atoms with Crippen molar-refractivity contribution in [2.24, 2.45) is 0 Å². The third-order valence-corrected chi connectivity index (χ3v) is 4.08. The highest BCUT2D eigenvalue weighted by Gasteiger charge is 2.19. The van der Waals surface area contributed by atoms with Gasteiger partial charge in [-0.1, -0.05) is 66.7 Å². The lowest BCUT2D eigenvalue weighted by molar-refractivity contribution is 0.0690. The van der Waals surface area contributed by atoms with Crippen molar-refractivity contribution in [2.45, 2.75) is 13.5 Å². The molecule has 0 spiro atoms. The molecule has 2 aliphatic rings. The second-order valence-corrected chi connectivity index (χ2v) is 6.18. The van der Waals surface area contributed by atoms with Gasteiger partial charge in [0.15, 0.2) is 0 Å². The second-order valence-electron chi connectivity index (χ2n) is 6.18. The van der Waals surface area contributed by atoms with Crippen LogP contribution < -0.4 is 10.4 Å². The molecule has 0 bridgehead atoms. The summed E-state index contributed by atoms with van der Waals surface area (Å²) in [6.07, 6.45) is -1.51. The largest absolute Gasteiger partial charge is 0.448 e. The van der Waals surface area contributed by atoms with Crippen molar-refractivity contribution in [3.05, 3.63) is 90.5 Å². The molecule has 29 heavy (non-hydrogen) atoms. The summed E-state index contributed by atoms with van der Waals surface area (Å²) in [4.78, 5) is 29.8. The van der Waals surface area contributed by atoms with E-state index in [0.29, 0.717) is 12.2 Å². The Morgan fingerprint density at radius 3 is 2.00 bits per heavy atom. The van der Waals surface area contributed by atoms with Crippen LogP contribution >= 0.6 is 0 Å². The van der Waals surface area contributed by atoms with Gasteiger partial charge in [-0.2, -0.15) is 0 Å². The van der Waals surface area contributed by atoms with Crippen LogP contribution in [0.3, 0.4) is 0 Å². The zero-order valence-corrected chi connectivity index (χ0v) is 16.1. The number of hydroxylamine groups is 1. The third kappa shape index (κ3) is 6.10. The number of rotatable bonds is 4. The van der Waals surface area contributed by atoms with E-state index in [4.69, 9.17) is 4.84 Å². The van der Waals surface area contributed by atoms with E-state index in [9.17, 15) is 9.59 Å². The minimum Gasteiger partial charge on any atom is -0.448 e. The van der Waals surface area contributed by atoms with E-state index in [-0.39, 0.29) is 6.61 Å². The van der Waals surface area contributed by atoms with E-state index in [2.05, 4.69) is 29.0 Å². The average molecular weight is 390 g/mol. The van der Waals surface area contributed by atoms with Crippen LogP contribution in [0.2, 0.25) is 0 Å². The first-order valence-corrected chi connectivity index (χ1v) is 9.28. The first-order chi connectivity index (χ1) is 14.2. The van der Waals surface area contributed by atoms with Crippen LogP contribution in [-0.4, -0.2) is 18.8 Å². The van der Waals surface area contributed by atoms with Gasteiger partial charge in [0.2, 0.25) is 0 Å². The van der Waals surface area contributed by atoms with Crippen LogP contribution in [0, 0.1) is 0 Å². The number of amides is 2. The molecule has 0 saturated heterocycles. The molecule has 4 rings (SSSR count). The molecule has 6 heteroatoms. The number of hydrogen-bond acceptors (Lipinski definition) is 4. The summed E-state index contributed by atoms with van der Waals surface area (Å²) in [6, 6.07) is 27.0. The number of para-hydroxylation sites is 1. The summed E-state index contributed by atoms with van der Waals surface area (Å²) in [5.41, 5.74) is 6.41. The van der Waals surface area contributed by atoms with Gasteiger partial charge < -0.3 is 9.57 Å². The minimum atomic E-state index is -0.812. The van der Waals surface area contributed by atoms with Crippen molar-refractivity contribution < 1.29 is 19.2 Å². The highest BCUT2D eigenvalue weighted by molar-refractivity contribution is 5.88. The van der Waals surface area contributed by atoms with Crippen LogP contribution in [0.5, 0.6) is 0 Å². The quantitative estimate of drug-likeness (QED) is 0.489. The van der Waals surface area contributed by atoms with Crippen LogP contribution in [0.25, 0.3) is 11.1 Å². The summed E-state index contributed by atoms with van der Waals surface area (Å²) in [5, 5.41) is 0. The Morgan fingerprint density at radius 1 is 0.862 bits per heavy atom. The number of carbonyl (C=O) groups is 2. The van der Waals surface area contributed by atoms with Gasteiger partial charge in [0, 0.05) is 5.69 Å². The number of ether oxygens (including phenoxy) is 1. The van der Waals surface area contributed by atoms with E-state index < -0.39 is 12.2 Å². The van der Waals surface area contributed by atoms with Crippen molar-refractivity contribution in [2.75, 3.05) is 11.5 Å². The van der Waals surface area contributed by atoms with E-state index in [0.717, 1.165) is 5.56 Å². The molecule has 2 aromatic carbocycles. The molecule has 2 aromatic rings. The second kappa shape index (κ2) is 9.94. The lowest BCUT2D eigenvalue weighted by atomic mass is 10.2. The molecular weight excluding hydrogens is 368 g/mol. The number of nitrogens with zero attached hydrogens (tertiary/aromatic N) is 1. The summed E-state index contributed by atoms with van der Waals surface area (Å²) < 4.78 is 4.65. The average Bonchev–Trinajstić information content (AvgIpc) is 3.36. The highest BCUT2D eigenvalue weighted by Crippen LogP contribution is 2.32. The normalized spacial score (nSPS) is 10.1. The van der Waals surface area contributed by atoms with Crippen LogP contribution in [0.1, 0.15) is 12.5 Å². The third-order valence-electron chi connectivity index (χ3n) is 4.08. The summed E-state index contributed by atoms with van der Waals surface area (Å²) >= 11 is 0. The Hall–Kier alpha value is -3.80. The summed E-state index contributed by atoms with van der Waals surface area (Å²) in [5.74, 6) is 0. The molecule has 2 aliphatic carbocycles. The molecule has 0 atom stereocenters. The van der Waals surface area contributed by atoms with Gasteiger partial charge in [0.1, 0.15) is 0 Å². The predicted molar refractivity (Wildman–Crippen MR) is 111 cm³/mol. The lowest BCUT2D eigenvalue weighted by Gasteiger charge is -2.21. The van der Waals surface area contributed by atoms with Gasteiger partial charge in [-0.3, -0.25) is 4.90 Å². The highest BCUT2D eigenvalue weighted by atomic mass is 16.7. The zero-order chi connectivity index (χ0) is 20.5. The molecule has 0 saturated carbocycles. The van der Waals surface area contributed by atoms with Crippen LogP contribution in [0.4, 0.5) is 15.3 Å². The van der Waals surface area contributed by atoms with Gasteiger partial charge >= 0.3 is 12.2 Å². The first kappa shape index (κ1) is 19.9. The zero-order valence-electron chi connectivity index (χ0n) is 16.1. The maximum absolute atomic E-state index is 12.3. The van der Waals surface area contributed by atoms with Crippen molar-refractivity contribution in [3.8, 4) is 11.1 Å². The minimum absolute atomic E-state index is 0.190. The fourth-order valence-corrected chi connectivity index (χ4v) is 2.61. The topological polar surface area (TPSA) is 67.9 Å². The molecule has 0 unspecified atom stereocenters. The number of anilines is 1. The SMILES string of the molecule is CCOC(=O)NOC(=O)N(Cc1ccccc1)c1ccccc1.c1cc2cc-2c1. The molecule has 148 valence electrons.